The molecule has 0 spiro atoms. The third-order valence-electron chi connectivity index (χ3n) is 6.80. The highest BCUT2D eigenvalue weighted by molar-refractivity contribution is 5.89. The van der Waals surface area contributed by atoms with Crippen molar-refractivity contribution in [3.63, 3.8) is 0 Å². The van der Waals surface area contributed by atoms with Crippen molar-refractivity contribution in [1.29, 1.82) is 0 Å². The van der Waals surface area contributed by atoms with Crippen LogP contribution in [-0.4, -0.2) is 30.3 Å². The summed E-state index contributed by atoms with van der Waals surface area (Å²) in [5, 5.41) is 15.8. The molecular weight excluding hydrogens is 422 g/mol. The first-order valence-electron chi connectivity index (χ1n) is 11.9. The predicted octanol–water partition coefficient (Wildman–Crippen LogP) is 5.96. The third kappa shape index (κ3) is 4.55. The van der Waals surface area contributed by atoms with Crippen molar-refractivity contribution in [3.05, 3.63) is 113 Å². The number of aromatic carboxylic acids is 1. The van der Waals surface area contributed by atoms with Crippen LogP contribution in [-0.2, 0) is 6.42 Å². The fourth-order valence-corrected chi connectivity index (χ4v) is 5.02. The number of hydrogen-bond acceptors (Lipinski definition) is 3. The molecule has 1 aliphatic rings. The Hall–Kier alpha value is -3.63. The van der Waals surface area contributed by atoms with Crippen molar-refractivity contribution in [2.75, 3.05) is 13.1 Å². The number of hydrogen-bond donors (Lipinski definition) is 2. The van der Waals surface area contributed by atoms with Gasteiger partial charge >= 0.3 is 5.97 Å². The number of carboxylic acids is 1. The maximum Gasteiger partial charge on any atom is 0.335 e. The molecule has 0 saturated carbocycles. The molecule has 0 bridgehead atoms. The van der Waals surface area contributed by atoms with Gasteiger partial charge in [-0.25, -0.2) is 4.79 Å². The Labute approximate surface area is 200 Å². The number of fused-ring (bicyclic) bond motifs is 2. The number of para-hydroxylation sites is 1. The fourth-order valence-electron chi connectivity index (χ4n) is 5.02. The molecule has 0 radical (unpaired) electrons. The van der Waals surface area contributed by atoms with Gasteiger partial charge in [-0.05, 0) is 65.9 Å². The SMILES string of the molecule is Cc1ccc(C2C[C@H](CNCCc3cccc4ccccc34)Oc3ccccc32)cc1C(=O)O. The minimum absolute atomic E-state index is 0.0157. The maximum absolute atomic E-state index is 11.7. The molecule has 0 saturated heterocycles. The molecule has 0 aliphatic carbocycles. The number of nitrogens with one attached hydrogen (secondary N) is 1. The van der Waals surface area contributed by atoms with Gasteiger partial charge in [-0.3, -0.25) is 0 Å². The predicted molar refractivity (Wildman–Crippen MR) is 136 cm³/mol. The zero-order valence-corrected chi connectivity index (χ0v) is 19.3. The van der Waals surface area contributed by atoms with Crippen LogP contribution in [0.3, 0.4) is 0 Å². The molecule has 0 aromatic heterocycles. The second-order valence-corrected chi connectivity index (χ2v) is 9.04. The number of carbonyl (C=O) groups is 1. The van der Waals surface area contributed by atoms with Gasteiger partial charge in [0.15, 0.2) is 0 Å². The summed E-state index contributed by atoms with van der Waals surface area (Å²) >= 11 is 0. The summed E-state index contributed by atoms with van der Waals surface area (Å²) in [5.74, 6) is 0.108. The fraction of sp³-hybridized carbons (Fsp3) is 0.233. The minimum Gasteiger partial charge on any atom is -0.489 e. The smallest absolute Gasteiger partial charge is 0.335 e. The van der Waals surface area contributed by atoms with Crippen molar-refractivity contribution in [3.8, 4) is 5.75 Å². The third-order valence-corrected chi connectivity index (χ3v) is 6.80. The molecule has 1 heterocycles. The van der Waals surface area contributed by atoms with Crippen molar-refractivity contribution >= 4 is 16.7 Å². The van der Waals surface area contributed by atoms with Crippen molar-refractivity contribution in [2.45, 2.75) is 31.8 Å². The lowest BCUT2D eigenvalue weighted by molar-refractivity contribution is 0.0696. The molecule has 34 heavy (non-hydrogen) atoms. The van der Waals surface area contributed by atoms with E-state index in [4.69, 9.17) is 4.74 Å². The van der Waals surface area contributed by atoms with Crippen LogP contribution in [0.15, 0.2) is 84.9 Å². The van der Waals surface area contributed by atoms with Crippen LogP contribution >= 0.6 is 0 Å². The molecule has 4 aromatic carbocycles. The summed E-state index contributed by atoms with van der Waals surface area (Å²) in [7, 11) is 0. The second kappa shape index (κ2) is 9.70. The van der Waals surface area contributed by atoms with Crippen LogP contribution in [0.25, 0.3) is 10.8 Å². The van der Waals surface area contributed by atoms with Gasteiger partial charge in [0.1, 0.15) is 11.9 Å². The molecule has 4 heteroatoms. The van der Waals surface area contributed by atoms with Gasteiger partial charge in [0, 0.05) is 18.0 Å². The van der Waals surface area contributed by atoms with Gasteiger partial charge in [0.2, 0.25) is 0 Å². The highest BCUT2D eigenvalue weighted by atomic mass is 16.5. The Balaban J connectivity index is 1.29. The zero-order chi connectivity index (χ0) is 23.5. The summed E-state index contributed by atoms with van der Waals surface area (Å²) in [4.78, 5) is 11.7. The number of aryl methyl sites for hydroxylation is 1. The standard InChI is InChI=1S/C30H29NO3/c1-20-13-14-23(17-27(20)30(32)33)28-18-24(34-29-12-5-4-11-26(28)29)19-31-16-15-22-9-6-8-21-7-2-3-10-25(21)22/h2-14,17,24,28,31H,15-16,18-19H2,1H3,(H,32,33)/t24-,28?/m1/s1. The molecule has 2 N–H and O–H groups in total. The van der Waals surface area contributed by atoms with E-state index in [1.165, 1.54) is 16.3 Å². The summed E-state index contributed by atoms with van der Waals surface area (Å²) in [6.45, 7) is 3.45. The lowest BCUT2D eigenvalue weighted by Crippen LogP contribution is -2.36. The Kier molecular flexibility index (Phi) is 6.33. The highest BCUT2D eigenvalue weighted by Crippen LogP contribution is 2.40. The molecule has 5 rings (SSSR count). The van der Waals surface area contributed by atoms with E-state index in [9.17, 15) is 9.90 Å². The van der Waals surface area contributed by atoms with Gasteiger partial charge in [-0.1, -0.05) is 72.8 Å². The first-order valence-corrected chi connectivity index (χ1v) is 11.9. The minimum atomic E-state index is -0.883. The van der Waals surface area contributed by atoms with Gasteiger partial charge < -0.3 is 15.2 Å². The number of carboxylic acid groups (broad SMARTS) is 1. The number of benzene rings is 4. The second-order valence-electron chi connectivity index (χ2n) is 9.04. The molecule has 0 fully saturated rings. The Morgan fingerprint density at radius 2 is 1.79 bits per heavy atom. The first-order chi connectivity index (χ1) is 16.6. The van der Waals surface area contributed by atoms with E-state index in [1.54, 1.807) is 0 Å². The monoisotopic (exact) mass is 451 g/mol. The molecular formula is C30H29NO3. The molecule has 4 aromatic rings. The summed E-state index contributed by atoms with van der Waals surface area (Å²) in [6.07, 6.45) is 1.77. The maximum atomic E-state index is 11.7. The zero-order valence-electron chi connectivity index (χ0n) is 19.3. The lowest BCUT2D eigenvalue weighted by atomic mass is 9.83. The average Bonchev–Trinajstić information content (AvgIpc) is 2.86. The topological polar surface area (TPSA) is 58.6 Å². The molecule has 1 unspecified atom stereocenters. The summed E-state index contributed by atoms with van der Waals surface area (Å²) in [5.41, 5.74) is 4.64. The summed E-state index contributed by atoms with van der Waals surface area (Å²) < 4.78 is 6.33. The van der Waals surface area contributed by atoms with Gasteiger partial charge in [0.05, 0.1) is 5.56 Å². The summed E-state index contributed by atoms with van der Waals surface area (Å²) in [6, 6.07) is 28.9. The number of rotatable bonds is 7. The lowest BCUT2D eigenvalue weighted by Gasteiger charge is -2.33. The normalized spacial score (nSPS) is 17.2. The van der Waals surface area contributed by atoms with E-state index in [0.29, 0.717) is 5.56 Å². The van der Waals surface area contributed by atoms with Crippen LogP contribution in [0, 0.1) is 6.92 Å². The van der Waals surface area contributed by atoms with Crippen molar-refractivity contribution in [2.24, 2.45) is 0 Å². The molecule has 2 atom stereocenters. The largest absolute Gasteiger partial charge is 0.489 e. The van der Waals surface area contributed by atoms with Crippen LogP contribution < -0.4 is 10.1 Å². The van der Waals surface area contributed by atoms with E-state index < -0.39 is 5.97 Å². The number of ether oxygens (including phenoxy) is 1. The first kappa shape index (κ1) is 22.2. The highest BCUT2D eigenvalue weighted by Gasteiger charge is 2.29. The van der Waals surface area contributed by atoms with E-state index in [0.717, 1.165) is 48.4 Å². The van der Waals surface area contributed by atoms with Crippen molar-refractivity contribution in [1.82, 2.24) is 5.32 Å². The Morgan fingerprint density at radius 3 is 2.68 bits per heavy atom. The van der Waals surface area contributed by atoms with Gasteiger partial charge in [-0.15, -0.1) is 0 Å². The van der Waals surface area contributed by atoms with Crippen molar-refractivity contribution < 1.29 is 14.6 Å². The van der Waals surface area contributed by atoms with Crippen LogP contribution in [0.5, 0.6) is 5.75 Å². The average molecular weight is 452 g/mol. The quantitative estimate of drug-likeness (QED) is 0.340. The Bertz CT molecular complexity index is 1320. The Morgan fingerprint density at radius 1 is 1.00 bits per heavy atom. The molecule has 1 aliphatic heterocycles. The van der Waals surface area contributed by atoms with Crippen LogP contribution in [0.1, 0.15) is 45.0 Å². The van der Waals surface area contributed by atoms with E-state index in [1.807, 2.05) is 37.3 Å². The van der Waals surface area contributed by atoms with Crippen LogP contribution in [0.4, 0.5) is 0 Å². The van der Waals surface area contributed by atoms with Crippen LogP contribution in [0.2, 0.25) is 0 Å². The molecule has 0 amide bonds. The van der Waals surface area contributed by atoms with E-state index in [-0.39, 0.29) is 12.0 Å². The van der Waals surface area contributed by atoms with E-state index >= 15 is 0 Å². The van der Waals surface area contributed by atoms with Gasteiger partial charge in [0.25, 0.3) is 0 Å². The molecule has 4 nitrogen and oxygen atoms in total. The van der Waals surface area contributed by atoms with E-state index in [2.05, 4.69) is 59.9 Å². The van der Waals surface area contributed by atoms with Gasteiger partial charge in [-0.2, -0.15) is 0 Å². The molecule has 172 valence electrons.